The molecule has 6 nitrogen and oxygen atoms in total. The molecule has 1 rings (SSSR count). The third-order valence-electron chi connectivity index (χ3n) is 2.42. The molecule has 22 heavy (non-hydrogen) atoms. The Morgan fingerprint density at radius 2 is 1.91 bits per heavy atom. The van der Waals surface area contributed by atoms with Crippen LogP contribution in [-0.2, 0) is 14.3 Å². The number of benzene rings is 1. The summed E-state index contributed by atoms with van der Waals surface area (Å²) in [5.74, 6) is -0.0777. The minimum absolute atomic E-state index is 0.222. The maximum atomic E-state index is 11.8. The van der Waals surface area contributed by atoms with E-state index in [1.807, 2.05) is 13.0 Å². The van der Waals surface area contributed by atoms with Crippen molar-refractivity contribution in [1.82, 2.24) is 0 Å². The first-order chi connectivity index (χ1) is 10.2. The van der Waals surface area contributed by atoms with Gasteiger partial charge in [-0.3, -0.25) is 5.32 Å². The summed E-state index contributed by atoms with van der Waals surface area (Å²) in [4.78, 5) is 23.2. The fourth-order valence-corrected chi connectivity index (χ4v) is 1.61. The Kier molecular flexibility index (Phi) is 6.22. The molecule has 0 fully saturated rings. The number of hydrogen-bond donors (Lipinski definition) is 1. The highest BCUT2D eigenvalue weighted by Crippen LogP contribution is 2.26. The Morgan fingerprint density at radius 3 is 2.50 bits per heavy atom. The van der Waals surface area contributed by atoms with Crippen molar-refractivity contribution < 1.29 is 23.8 Å². The summed E-state index contributed by atoms with van der Waals surface area (Å²) in [6.45, 7) is 9.01. The zero-order valence-corrected chi connectivity index (χ0v) is 13.7. The molecule has 0 aliphatic carbocycles. The van der Waals surface area contributed by atoms with Crippen LogP contribution in [0, 0.1) is 6.92 Å². The molecular formula is C16H23NO5. The zero-order chi connectivity index (χ0) is 16.8. The van der Waals surface area contributed by atoms with E-state index in [9.17, 15) is 9.59 Å². The van der Waals surface area contributed by atoms with Crippen LogP contribution in [0.5, 0.6) is 5.75 Å². The highest BCUT2D eigenvalue weighted by Gasteiger charge is 2.18. The van der Waals surface area contributed by atoms with E-state index in [4.69, 9.17) is 14.2 Å². The quantitative estimate of drug-likeness (QED) is 0.845. The van der Waals surface area contributed by atoms with Crippen LogP contribution in [0.4, 0.5) is 10.5 Å². The van der Waals surface area contributed by atoms with Crippen LogP contribution in [0.25, 0.3) is 0 Å². The van der Waals surface area contributed by atoms with Crippen LogP contribution < -0.4 is 10.1 Å². The first kappa shape index (κ1) is 17.8. The van der Waals surface area contributed by atoms with E-state index >= 15 is 0 Å². The maximum Gasteiger partial charge on any atom is 0.412 e. The van der Waals surface area contributed by atoms with Gasteiger partial charge in [0.1, 0.15) is 11.4 Å². The third-order valence-corrected chi connectivity index (χ3v) is 2.42. The lowest BCUT2D eigenvalue weighted by atomic mass is 10.2. The zero-order valence-electron chi connectivity index (χ0n) is 13.7. The van der Waals surface area contributed by atoms with E-state index in [2.05, 4.69) is 5.32 Å². The van der Waals surface area contributed by atoms with Crippen molar-refractivity contribution in [1.29, 1.82) is 0 Å². The molecule has 0 spiro atoms. The summed E-state index contributed by atoms with van der Waals surface area (Å²) in [6, 6.07) is 5.25. The summed E-state index contributed by atoms with van der Waals surface area (Å²) in [5.41, 5.74) is 0.776. The predicted octanol–water partition coefficient (Wildman–Crippen LogP) is 3.28. The van der Waals surface area contributed by atoms with Gasteiger partial charge in [-0.05, 0) is 52.3 Å². The van der Waals surface area contributed by atoms with Gasteiger partial charge >= 0.3 is 12.1 Å². The smallest absolute Gasteiger partial charge is 0.412 e. The number of rotatable bonds is 5. The van der Waals surface area contributed by atoms with Gasteiger partial charge in [-0.1, -0.05) is 6.07 Å². The molecule has 0 saturated heterocycles. The minimum Gasteiger partial charge on any atom is -0.480 e. The van der Waals surface area contributed by atoms with Gasteiger partial charge in [-0.2, -0.15) is 0 Å². The van der Waals surface area contributed by atoms with Crippen LogP contribution in [0.2, 0.25) is 0 Å². The second-order valence-corrected chi connectivity index (χ2v) is 5.72. The van der Waals surface area contributed by atoms with Crippen LogP contribution in [-0.4, -0.2) is 30.9 Å². The Labute approximate surface area is 130 Å². The monoisotopic (exact) mass is 309 g/mol. The molecule has 1 amide bonds. The average molecular weight is 309 g/mol. The van der Waals surface area contributed by atoms with Crippen LogP contribution in [0.1, 0.15) is 33.3 Å². The summed E-state index contributed by atoms with van der Waals surface area (Å²) in [5, 5.41) is 2.61. The largest absolute Gasteiger partial charge is 0.480 e. The molecule has 0 aromatic heterocycles. The topological polar surface area (TPSA) is 73.9 Å². The SMILES string of the molecule is CCOC(=O)COc1cc(C)ccc1NC(=O)OC(C)(C)C. The molecular weight excluding hydrogens is 286 g/mol. The summed E-state index contributed by atoms with van der Waals surface area (Å²) in [7, 11) is 0. The molecule has 0 aliphatic heterocycles. The average Bonchev–Trinajstić information content (AvgIpc) is 2.37. The standard InChI is InChI=1S/C16H23NO5/c1-6-20-14(18)10-21-13-9-11(2)7-8-12(13)17-15(19)22-16(3,4)5/h7-9H,6,10H2,1-5H3,(H,17,19). The number of aryl methyl sites for hydroxylation is 1. The normalized spacial score (nSPS) is 10.8. The van der Waals surface area contributed by atoms with E-state index in [1.54, 1.807) is 39.8 Å². The molecule has 0 aliphatic rings. The second-order valence-electron chi connectivity index (χ2n) is 5.72. The molecule has 6 heteroatoms. The van der Waals surface area contributed by atoms with E-state index in [0.29, 0.717) is 18.0 Å². The number of carbonyl (C=O) groups excluding carboxylic acids is 2. The van der Waals surface area contributed by atoms with Gasteiger partial charge in [0, 0.05) is 0 Å². The fourth-order valence-electron chi connectivity index (χ4n) is 1.61. The molecule has 0 heterocycles. The lowest BCUT2D eigenvalue weighted by Crippen LogP contribution is -2.27. The number of esters is 1. The molecule has 1 N–H and O–H groups in total. The minimum atomic E-state index is -0.596. The number of carbonyl (C=O) groups is 2. The highest BCUT2D eigenvalue weighted by molar-refractivity contribution is 5.87. The summed E-state index contributed by atoms with van der Waals surface area (Å²) >= 11 is 0. The molecule has 0 bridgehead atoms. The Morgan fingerprint density at radius 1 is 1.23 bits per heavy atom. The van der Waals surface area contributed by atoms with Crippen molar-refractivity contribution in [2.45, 2.75) is 40.2 Å². The van der Waals surface area contributed by atoms with E-state index in [1.165, 1.54) is 0 Å². The fraction of sp³-hybridized carbons (Fsp3) is 0.500. The van der Waals surface area contributed by atoms with Crippen molar-refractivity contribution >= 4 is 17.7 Å². The van der Waals surface area contributed by atoms with E-state index in [0.717, 1.165) is 5.56 Å². The van der Waals surface area contributed by atoms with Crippen molar-refractivity contribution in [3.8, 4) is 5.75 Å². The molecule has 1 aromatic rings. The van der Waals surface area contributed by atoms with Crippen molar-refractivity contribution in [2.75, 3.05) is 18.5 Å². The number of hydrogen-bond acceptors (Lipinski definition) is 5. The molecule has 0 atom stereocenters. The summed E-state index contributed by atoms with van der Waals surface area (Å²) in [6.07, 6.45) is -0.586. The van der Waals surface area contributed by atoms with Gasteiger partial charge < -0.3 is 14.2 Å². The van der Waals surface area contributed by atoms with Gasteiger partial charge in [0.15, 0.2) is 6.61 Å². The molecule has 122 valence electrons. The van der Waals surface area contributed by atoms with E-state index < -0.39 is 17.7 Å². The van der Waals surface area contributed by atoms with Gasteiger partial charge in [0.2, 0.25) is 0 Å². The van der Waals surface area contributed by atoms with Gasteiger partial charge in [0.05, 0.1) is 12.3 Å². The Bertz CT molecular complexity index is 534. The number of amides is 1. The molecule has 0 saturated carbocycles. The maximum absolute atomic E-state index is 11.8. The summed E-state index contributed by atoms with van der Waals surface area (Å²) < 4.78 is 15.4. The third kappa shape index (κ3) is 6.47. The van der Waals surface area contributed by atoms with Crippen molar-refractivity contribution in [3.05, 3.63) is 23.8 Å². The lowest BCUT2D eigenvalue weighted by Gasteiger charge is -2.20. The lowest BCUT2D eigenvalue weighted by molar-refractivity contribution is -0.145. The predicted molar refractivity (Wildman–Crippen MR) is 83.2 cm³/mol. The number of anilines is 1. The second kappa shape index (κ2) is 7.68. The molecule has 1 aromatic carbocycles. The molecule has 0 unspecified atom stereocenters. The first-order valence-electron chi connectivity index (χ1n) is 7.10. The van der Waals surface area contributed by atoms with Crippen LogP contribution in [0.3, 0.4) is 0 Å². The Balaban J connectivity index is 2.78. The van der Waals surface area contributed by atoms with Gasteiger partial charge in [0.25, 0.3) is 0 Å². The van der Waals surface area contributed by atoms with E-state index in [-0.39, 0.29) is 6.61 Å². The van der Waals surface area contributed by atoms with Crippen molar-refractivity contribution in [3.63, 3.8) is 0 Å². The van der Waals surface area contributed by atoms with Gasteiger partial charge in [-0.25, -0.2) is 9.59 Å². The van der Waals surface area contributed by atoms with Crippen molar-refractivity contribution in [2.24, 2.45) is 0 Å². The first-order valence-corrected chi connectivity index (χ1v) is 7.10. The van der Waals surface area contributed by atoms with Crippen LogP contribution in [0.15, 0.2) is 18.2 Å². The molecule has 0 radical (unpaired) electrons. The van der Waals surface area contributed by atoms with Gasteiger partial charge in [-0.15, -0.1) is 0 Å². The van der Waals surface area contributed by atoms with Crippen LogP contribution >= 0.6 is 0 Å². The highest BCUT2D eigenvalue weighted by atomic mass is 16.6. The Hall–Kier alpha value is -2.24. The number of nitrogens with one attached hydrogen (secondary N) is 1. The number of ether oxygens (including phenoxy) is 3.